The number of rotatable bonds is 3. The van der Waals surface area contributed by atoms with Crippen LogP contribution in [-0.4, -0.2) is 24.6 Å². The first-order valence-electron chi connectivity index (χ1n) is 2.16. The molecule has 1 N–H and O–H groups in total. The number of carbonyl (C=O) groups excluding carboxylic acids is 1. The monoisotopic (exact) mass is 134 g/mol. The largest absolute Gasteiger partial charge is 0.317 e. The maximum Gasteiger partial charge on any atom is 0.317 e. The Labute approximate surface area is 50.9 Å². The van der Waals surface area contributed by atoms with Crippen molar-refractivity contribution in [3.05, 3.63) is 10.1 Å². The summed E-state index contributed by atoms with van der Waals surface area (Å²) in [7, 11) is 1.49. The smallest absolute Gasteiger partial charge is 0.311 e. The van der Waals surface area contributed by atoms with E-state index in [1.807, 2.05) is 0 Å². The Morgan fingerprint density at radius 2 is 2.44 bits per heavy atom. The van der Waals surface area contributed by atoms with Crippen molar-refractivity contribution < 1.29 is 14.7 Å². The van der Waals surface area contributed by atoms with Crippen molar-refractivity contribution in [1.82, 2.24) is 5.32 Å². The molecule has 9 heavy (non-hydrogen) atoms. The molecule has 0 aromatic heterocycles. The maximum atomic E-state index is 10.1. The molecule has 0 aliphatic heterocycles. The lowest BCUT2D eigenvalue weighted by Gasteiger charge is -1.92. The van der Waals surface area contributed by atoms with Crippen molar-refractivity contribution in [1.29, 1.82) is 0 Å². The van der Waals surface area contributed by atoms with E-state index in [1.165, 1.54) is 7.05 Å². The summed E-state index contributed by atoms with van der Waals surface area (Å²) in [5.41, 5.74) is 0. The minimum atomic E-state index is -1.14. The Hall–Kier alpha value is -1.17. The molecule has 0 heterocycles. The van der Waals surface area contributed by atoms with Crippen LogP contribution in [0.2, 0.25) is 0 Å². The van der Waals surface area contributed by atoms with E-state index in [1.54, 1.807) is 0 Å². The average Bonchev–Trinajstić information content (AvgIpc) is 1.63. The lowest BCUT2D eigenvalue weighted by Crippen LogP contribution is -2.22. The highest BCUT2D eigenvalue weighted by Crippen LogP contribution is 1.74. The number of hydrogen-bond donors (Lipinski definition) is 1. The normalized spacial score (nSPS) is 8.56. The lowest BCUT2D eigenvalue weighted by molar-refractivity contribution is -0.729. The van der Waals surface area contributed by atoms with Gasteiger partial charge in [0.15, 0.2) is 0 Å². The van der Waals surface area contributed by atoms with Gasteiger partial charge in [-0.3, -0.25) is 4.79 Å². The first kappa shape index (κ1) is 7.83. The van der Waals surface area contributed by atoms with Crippen molar-refractivity contribution in [3.8, 4) is 0 Å². The van der Waals surface area contributed by atoms with Crippen LogP contribution in [0.25, 0.3) is 0 Å². The molecule has 0 saturated heterocycles. The second kappa shape index (κ2) is 3.79. The highest BCUT2D eigenvalue weighted by Gasteiger charge is 2.03. The van der Waals surface area contributed by atoms with Crippen molar-refractivity contribution in [2.24, 2.45) is 0 Å². The van der Waals surface area contributed by atoms with Crippen molar-refractivity contribution in [2.75, 3.05) is 13.6 Å². The summed E-state index contributed by atoms with van der Waals surface area (Å²) in [6.07, 6.45) is 0. The molecule has 0 amide bonds. The van der Waals surface area contributed by atoms with E-state index in [4.69, 9.17) is 0 Å². The molecule has 0 aliphatic rings. The van der Waals surface area contributed by atoms with Gasteiger partial charge in [-0.15, -0.1) is 10.1 Å². The van der Waals surface area contributed by atoms with Gasteiger partial charge in [0.2, 0.25) is 0 Å². The molecule has 0 rings (SSSR count). The fourth-order valence-corrected chi connectivity index (χ4v) is 0.260. The number of hydrogen-bond acceptors (Lipinski definition) is 5. The summed E-state index contributed by atoms with van der Waals surface area (Å²) in [5.74, 6) is -0.900. The van der Waals surface area contributed by atoms with E-state index in [9.17, 15) is 14.9 Å². The molecular formula is C3H6N2O4. The number of carbonyl (C=O) groups is 1. The number of nitrogens with one attached hydrogen (secondary N) is 1. The van der Waals surface area contributed by atoms with Crippen LogP contribution >= 0.6 is 0 Å². The quantitative estimate of drug-likeness (QED) is 0.393. The molecule has 0 saturated carbocycles. The Balaban J connectivity index is 3.39. The van der Waals surface area contributed by atoms with Gasteiger partial charge in [-0.2, -0.15) is 0 Å². The van der Waals surface area contributed by atoms with Crippen LogP contribution in [0.1, 0.15) is 0 Å². The predicted octanol–water partition coefficient (Wildman–Crippen LogP) is -1.06. The molecule has 0 radical (unpaired) electrons. The molecule has 0 atom stereocenters. The zero-order valence-electron chi connectivity index (χ0n) is 4.79. The molecule has 0 unspecified atom stereocenters. The zero-order chi connectivity index (χ0) is 7.28. The van der Waals surface area contributed by atoms with Gasteiger partial charge in [0.05, 0.1) is 6.54 Å². The lowest BCUT2D eigenvalue weighted by atomic mass is 10.7. The molecule has 0 spiro atoms. The summed E-state index contributed by atoms with van der Waals surface area (Å²) in [4.78, 5) is 23.1. The van der Waals surface area contributed by atoms with Crippen LogP contribution in [0, 0.1) is 10.1 Å². The first-order chi connectivity index (χ1) is 4.16. The molecule has 0 aromatic carbocycles. The second-order valence-electron chi connectivity index (χ2n) is 1.22. The topological polar surface area (TPSA) is 81.5 Å². The third-order valence-corrected chi connectivity index (χ3v) is 0.497. The summed E-state index contributed by atoms with van der Waals surface area (Å²) in [6.45, 7) is -0.152. The van der Waals surface area contributed by atoms with Crippen molar-refractivity contribution >= 4 is 5.97 Å². The van der Waals surface area contributed by atoms with Crippen LogP contribution < -0.4 is 5.32 Å². The molecule has 52 valence electrons. The van der Waals surface area contributed by atoms with Gasteiger partial charge in [0.25, 0.3) is 0 Å². The molecule has 0 aromatic rings. The van der Waals surface area contributed by atoms with E-state index >= 15 is 0 Å². The SMILES string of the molecule is CNCC(=O)O[N+](=O)[O-]. The van der Waals surface area contributed by atoms with E-state index in [-0.39, 0.29) is 6.54 Å². The summed E-state index contributed by atoms with van der Waals surface area (Å²) < 4.78 is 0. The van der Waals surface area contributed by atoms with Crippen molar-refractivity contribution in [2.45, 2.75) is 0 Å². The summed E-state index contributed by atoms with van der Waals surface area (Å²) in [5, 5.41) is 10.7. The standard InChI is InChI=1S/C3H6N2O4/c1-4-2-3(6)9-5(7)8/h4H,2H2,1H3. The predicted molar refractivity (Wildman–Crippen MR) is 27.0 cm³/mol. The van der Waals surface area contributed by atoms with Crippen LogP contribution in [0.5, 0.6) is 0 Å². The van der Waals surface area contributed by atoms with Gasteiger partial charge in [-0.25, -0.2) is 4.84 Å². The van der Waals surface area contributed by atoms with Crippen LogP contribution in [0.3, 0.4) is 0 Å². The minimum Gasteiger partial charge on any atom is -0.311 e. The highest BCUT2D eigenvalue weighted by atomic mass is 17.0. The fourth-order valence-electron chi connectivity index (χ4n) is 0.260. The highest BCUT2D eigenvalue weighted by molar-refractivity contribution is 5.70. The fraction of sp³-hybridized carbons (Fsp3) is 0.667. The van der Waals surface area contributed by atoms with Crippen LogP contribution in [-0.2, 0) is 9.63 Å². The average molecular weight is 134 g/mol. The van der Waals surface area contributed by atoms with Gasteiger partial charge in [0.1, 0.15) is 0 Å². The van der Waals surface area contributed by atoms with Gasteiger partial charge in [-0.05, 0) is 7.05 Å². The van der Waals surface area contributed by atoms with Crippen LogP contribution in [0.15, 0.2) is 0 Å². The molecule has 6 heteroatoms. The van der Waals surface area contributed by atoms with Gasteiger partial charge < -0.3 is 5.32 Å². The van der Waals surface area contributed by atoms with Gasteiger partial charge in [-0.1, -0.05) is 0 Å². The molecule has 0 aliphatic carbocycles. The number of likely N-dealkylation sites (N-methyl/N-ethyl adjacent to an activating group) is 1. The van der Waals surface area contributed by atoms with Gasteiger partial charge in [0, 0.05) is 0 Å². The minimum absolute atomic E-state index is 0.152. The Morgan fingerprint density at radius 1 is 1.89 bits per heavy atom. The molecule has 0 fully saturated rings. The van der Waals surface area contributed by atoms with Crippen LogP contribution in [0.4, 0.5) is 0 Å². The van der Waals surface area contributed by atoms with E-state index in [0.29, 0.717) is 0 Å². The van der Waals surface area contributed by atoms with E-state index < -0.39 is 11.1 Å². The Morgan fingerprint density at radius 3 is 2.78 bits per heavy atom. The zero-order valence-corrected chi connectivity index (χ0v) is 4.79. The third kappa shape index (κ3) is 4.69. The second-order valence-corrected chi connectivity index (χ2v) is 1.22. The summed E-state index contributed by atoms with van der Waals surface area (Å²) in [6, 6.07) is 0. The van der Waals surface area contributed by atoms with Gasteiger partial charge >= 0.3 is 11.1 Å². The van der Waals surface area contributed by atoms with E-state index in [2.05, 4.69) is 10.2 Å². The summed E-state index contributed by atoms with van der Waals surface area (Å²) >= 11 is 0. The van der Waals surface area contributed by atoms with E-state index in [0.717, 1.165) is 0 Å². The molecular weight excluding hydrogens is 128 g/mol. The Bertz CT molecular complexity index is 123. The third-order valence-electron chi connectivity index (χ3n) is 0.497. The Kier molecular flexibility index (Phi) is 3.29. The number of nitrogens with zero attached hydrogens (tertiary/aromatic N) is 1. The first-order valence-corrected chi connectivity index (χ1v) is 2.16. The molecule has 0 bridgehead atoms. The maximum absolute atomic E-state index is 10.1. The molecule has 6 nitrogen and oxygen atoms in total. The van der Waals surface area contributed by atoms with Crippen molar-refractivity contribution in [3.63, 3.8) is 0 Å².